The van der Waals surface area contributed by atoms with Crippen LogP contribution in [0.2, 0.25) is 0 Å². The molecule has 176 valence electrons. The monoisotopic (exact) mass is 495 g/mol. The molecule has 0 saturated carbocycles. The lowest BCUT2D eigenvalue weighted by Gasteiger charge is -2.33. The van der Waals surface area contributed by atoms with Crippen LogP contribution in [0.25, 0.3) is 28.2 Å². The Kier molecular flexibility index (Phi) is 6.93. The molecule has 2 saturated heterocycles. The number of fused-ring (bicyclic) bond motifs is 1. The van der Waals surface area contributed by atoms with E-state index in [1.165, 1.54) is 11.3 Å². The lowest BCUT2D eigenvalue weighted by molar-refractivity contribution is -0.115. The number of nitrogens with one attached hydrogen (secondary N) is 1. The minimum atomic E-state index is -0.367. The van der Waals surface area contributed by atoms with E-state index in [1.807, 2.05) is 25.1 Å². The molecule has 1 atom stereocenters. The first-order valence-electron chi connectivity index (χ1n) is 11.0. The lowest BCUT2D eigenvalue weighted by Crippen LogP contribution is -2.43. The van der Waals surface area contributed by atoms with Gasteiger partial charge in [-0.3, -0.25) is 14.9 Å². The number of rotatable bonds is 3. The maximum atomic E-state index is 11.9. The molecule has 2 aliphatic heterocycles. The molecule has 2 aliphatic rings. The van der Waals surface area contributed by atoms with Crippen molar-refractivity contribution in [1.82, 2.24) is 15.3 Å². The van der Waals surface area contributed by atoms with Crippen LogP contribution in [0, 0.1) is 13.8 Å². The highest BCUT2D eigenvalue weighted by Crippen LogP contribution is 2.33. The standard InChI is InChI=1S/C25H25N5O2S.ClH/c1-14-10-17(6-8-21(14)30-9-3-4-18(26)13-30)23-19-11-16(5-7-20(19)27-15(2)28-23)12-22-24(31)29-25(32)33-22;/h5-8,10-12,18H,3-4,9,13,26H2,1-2H3,(H,29,31,32);1H/t18-;/m1./s1. The van der Waals surface area contributed by atoms with E-state index < -0.39 is 0 Å². The van der Waals surface area contributed by atoms with E-state index in [2.05, 4.69) is 40.3 Å². The zero-order valence-corrected chi connectivity index (χ0v) is 20.6. The zero-order valence-electron chi connectivity index (χ0n) is 19.0. The highest BCUT2D eigenvalue weighted by molar-refractivity contribution is 8.18. The predicted molar refractivity (Wildman–Crippen MR) is 140 cm³/mol. The molecule has 0 unspecified atom stereocenters. The molecular formula is C25H26ClN5O2S. The smallest absolute Gasteiger partial charge is 0.290 e. The Morgan fingerprint density at radius 3 is 2.68 bits per heavy atom. The van der Waals surface area contributed by atoms with E-state index in [0.29, 0.717) is 10.7 Å². The third-order valence-corrected chi connectivity index (χ3v) is 6.85. The molecule has 2 fully saturated rings. The van der Waals surface area contributed by atoms with Gasteiger partial charge in [-0.15, -0.1) is 12.4 Å². The van der Waals surface area contributed by atoms with Crippen molar-refractivity contribution in [2.75, 3.05) is 18.0 Å². The summed E-state index contributed by atoms with van der Waals surface area (Å²) in [6, 6.07) is 12.4. The normalized spacial score (nSPS) is 19.4. The summed E-state index contributed by atoms with van der Waals surface area (Å²) in [4.78, 5) is 35.5. The number of imide groups is 1. The molecule has 1 aromatic heterocycles. The van der Waals surface area contributed by atoms with Crippen molar-refractivity contribution >= 4 is 58.0 Å². The summed E-state index contributed by atoms with van der Waals surface area (Å²) in [5.74, 6) is 0.331. The van der Waals surface area contributed by atoms with Gasteiger partial charge in [-0.25, -0.2) is 9.97 Å². The minimum Gasteiger partial charge on any atom is -0.370 e. The molecule has 0 aliphatic carbocycles. The fraction of sp³-hybridized carbons (Fsp3) is 0.280. The number of nitrogens with two attached hydrogens (primary N) is 1. The number of hydrogen-bond acceptors (Lipinski definition) is 7. The number of nitrogens with zero attached hydrogens (tertiary/aromatic N) is 3. The fourth-order valence-corrected chi connectivity index (χ4v) is 5.21. The van der Waals surface area contributed by atoms with E-state index in [1.54, 1.807) is 6.08 Å². The van der Waals surface area contributed by atoms with Crippen molar-refractivity contribution in [3.63, 3.8) is 0 Å². The molecule has 0 bridgehead atoms. The largest absolute Gasteiger partial charge is 0.370 e. The number of carbonyl (C=O) groups is 2. The maximum Gasteiger partial charge on any atom is 0.290 e. The lowest BCUT2D eigenvalue weighted by atomic mass is 9.99. The van der Waals surface area contributed by atoms with Crippen molar-refractivity contribution < 1.29 is 9.59 Å². The van der Waals surface area contributed by atoms with Gasteiger partial charge >= 0.3 is 0 Å². The molecule has 34 heavy (non-hydrogen) atoms. The highest BCUT2D eigenvalue weighted by Gasteiger charge is 2.25. The third kappa shape index (κ3) is 4.80. The van der Waals surface area contributed by atoms with Gasteiger partial charge in [0.25, 0.3) is 11.1 Å². The van der Waals surface area contributed by atoms with E-state index in [4.69, 9.17) is 10.7 Å². The van der Waals surface area contributed by atoms with E-state index in [9.17, 15) is 9.59 Å². The predicted octanol–water partition coefficient (Wildman–Crippen LogP) is 4.59. The average molecular weight is 496 g/mol. The zero-order chi connectivity index (χ0) is 23.1. The van der Waals surface area contributed by atoms with Crippen LogP contribution in [0.3, 0.4) is 0 Å². The molecular weight excluding hydrogens is 470 g/mol. The van der Waals surface area contributed by atoms with Gasteiger partial charge < -0.3 is 10.6 Å². The van der Waals surface area contributed by atoms with Gasteiger partial charge in [-0.05, 0) is 79.9 Å². The molecule has 2 amide bonds. The van der Waals surface area contributed by atoms with Crippen LogP contribution in [-0.2, 0) is 4.79 Å². The van der Waals surface area contributed by atoms with Crippen LogP contribution >= 0.6 is 24.2 Å². The number of aromatic nitrogens is 2. The number of aryl methyl sites for hydroxylation is 2. The fourth-order valence-electron chi connectivity index (χ4n) is 4.53. The Morgan fingerprint density at radius 2 is 1.97 bits per heavy atom. The number of piperidine rings is 1. The Hall–Kier alpha value is -2.94. The Labute approximate surface area is 208 Å². The van der Waals surface area contributed by atoms with Crippen LogP contribution in [0.4, 0.5) is 10.5 Å². The molecule has 3 N–H and O–H groups in total. The number of anilines is 1. The Balaban J connectivity index is 0.00000274. The third-order valence-electron chi connectivity index (χ3n) is 6.04. The highest BCUT2D eigenvalue weighted by atomic mass is 35.5. The first-order chi connectivity index (χ1) is 15.9. The Morgan fingerprint density at radius 1 is 1.15 bits per heavy atom. The summed E-state index contributed by atoms with van der Waals surface area (Å²) in [7, 11) is 0. The summed E-state index contributed by atoms with van der Waals surface area (Å²) >= 11 is 0.911. The van der Waals surface area contributed by atoms with Crippen molar-refractivity contribution in [1.29, 1.82) is 0 Å². The van der Waals surface area contributed by atoms with Gasteiger partial charge in [0, 0.05) is 35.8 Å². The molecule has 5 rings (SSSR count). The summed E-state index contributed by atoms with van der Waals surface area (Å²) < 4.78 is 0. The van der Waals surface area contributed by atoms with Crippen molar-refractivity contribution in [2.45, 2.75) is 32.7 Å². The number of hydrogen-bond donors (Lipinski definition) is 2. The first kappa shape index (κ1) is 24.2. The topological polar surface area (TPSA) is 101 Å². The second kappa shape index (κ2) is 9.74. The summed E-state index contributed by atoms with van der Waals surface area (Å²) in [5, 5.41) is 2.84. The van der Waals surface area contributed by atoms with Crippen LogP contribution in [0.15, 0.2) is 41.3 Å². The van der Waals surface area contributed by atoms with E-state index >= 15 is 0 Å². The first-order valence-corrected chi connectivity index (χ1v) is 11.8. The SMILES string of the molecule is Cc1nc(-c2ccc(N3CCC[C@@H](N)C3)c(C)c2)c2cc(C=C3SC(=O)NC3=O)ccc2n1.Cl. The van der Waals surface area contributed by atoms with Gasteiger partial charge in [-0.2, -0.15) is 0 Å². The average Bonchev–Trinajstić information content (AvgIpc) is 3.09. The number of benzene rings is 2. The van der Waals surface area contributed by atoms with E-state index in [-0.39, 0.29) is 29.6 Å². The number of halogens is 1. The van der Waals surface area contributed by atoms with Gasteiger partial charge in [-0.1, -0.05) is 12.1 Å². The maximum absolute atomic E-state index is 11.9. The molecule has 7 nitrogen and oxygen atoms in total. The summed E-state index contributed by atoms with van der Waals surface area (Å²) in [5.41, 5.74) is 12.1. The van der Waals surface area contributed by atoms with Gasteiger partial charge in [0.05, 0.1) is 16.1 Å². The molecule has 9 heteroatoms. The van der Waals surface area contributed by atoms with Crippen LogP contribution in [0.5, 0.6) is 0 Å². The Bertz CT molecular complexity index is 1330. The van der Waals surface area contributed by atoms with Crippen LogP contribution < -0.4 is 16.0 Å². The molecule has 2 aromatic carbocycles. The number of thioether (sulfide) groups is 1. The van der Waals surface area contributed by atoms with Gasteiger partial charge in [0.15, 0.2) is 0 Å². The van der Waals surface area contributed by atoms with Crippen LogP contribution in [0.1, 0.15) is 29.8 Å². The molecule has 3 heterocycles. The molecule has 0 radical (unpaired) electrons. The van der Waals surface area contributed by atoms with Crippen molar-refractivity contribution in [3.05, 3.63) is 58.3 Å². The summed E-state index contributed by atoms with van der Waals surface area (Å²) in [6.07, 6.45) is 3.91. The van der Waals surface area contributed by atoms with Gasteiger partial charge in [0.2, 0.25) is 0 Å². The second-order valence-electron chi connectivity index (χ2n) is 8.60. The van der Waals surface area contributed by atoms with Crippen LogP contribution in [-0.4, -0.2) is 40.2 Å². The molecule has 3 aromatic rings. The second-order valence-corrected chi connectivity index (χ2v) is 9.61. The summed E-state index contributed by atoms with van der Waals surface area (Å²) in [6.45, 7) is 5.91. The number of carbonyl (C=O) groups excluding carboxylic acids is 2. The van der Waals surface area contributed by atoms with Crippen molar-refractivity contribution in [2.24, 2.45) is 5.73 Å². The minimum absolute atomic E-state index is 0. The van der Waals surface area contributed by atoms with E-state index in [0.717, 1.165) is 65.4 Å². The van der Waals surface area contributed by atoms with Gasteiger partial charge in [0.1, 0.15) is 5.82 Å². The quantitative estimate of drug-likeness (QED) is 0.512. The molecule has 0 spiro atoms. The van der Waals surface area contributed by atoms with Crippen molar-refractivity contribution in [3.8, 4) is 11.3 Å². The number of amides is 2.